The number of rotatable bonds is 11. The molecule has 1 aliphatic heterocycles. The number of nitrogens with zero attached hydrogens (tertiary/aromatic N) is 3. The molecule has 5 rings (SSSR count). The number of aromatic nitrogens is 2. The number of aryl methyl sites for hydroxylation is 1. The average molecular weight is 602 g/mol. The number of urea groups is 1. The van der Waals surface area contributed by atoms with Crippen LogP contribution < -0.4 is 15.4 Å². The highest BCUT2D eigenvalue weighted by Gasteiger charge is 2.36. The normalized spacial score (nSPS) is 16.0. The van der Waals surface area contributed by atoms with Crippen molar-refractivity contribution in [1.82, 2.24) is 14.7 Å². The predicted molar refractivity (Wildman–Crippen MR) is 165 cm³/mol. The molecule has 2 atom stereocenters. The van der Waals surface area contributed by atoms with E-state index < -0.39 is 6.03 Å². The molecule has 1 fully saturated rings. The van der Waals surface area contributed by atoms with Gasteiger partial charge in [-0.1, -0.05) is 30.3 Å². The van der Waals surface area contributed by atoms with E-state index in [2.05, 4.69) is 15.7 Å². The molecule has 2 N–H and O–H groups in total. The van der Waals surface area contributed by atoms with Gasteiger partial charge in [0, 0.05) is 42.6 Å². The predicted octanol–water partition coefficient (Wildman–Crippen LogP) is 6.46. The quantitative estimate of drug-likeness (QED) is 0.205. The zero-order valence-corrected chi connectivity index (χ0v) is 24.7. The lowest BCUT2D eigenvalue weighted by Gasteiger charge is -2.23. The van der Waals surface area contributed by atoms with Crippen LogP contribution in [0.5, 0.6) is 5.75 Å². The number of hydrogen-bond donors (Lipinski definition) is 2. The summed E-state index contributed by atoms with van der Waals surface area (Å²) in [6.07, 6.45) is 2.48. The number of halogens is 1. The summed E-state index contributed by atoms with van der Waals surface area (Å²) in [5.74, 6) is 0.223. The molecule has 1 aliphatic rings. The molecular weight excluding hydrogens is 565 g/mol. The van der Waals surface area contributed by atoms with Gasteiger partial charge in [0.2, 0.25) is 0 Å². The first-order chi connectivity index (χ1) is 21.4. The number of likely N-dealkylation sites (tertiary alicyclic amines) is 1. The van der Waals surface area contributed by atoms with Gasteiger partial charge in [0.25, 0.3) is 0 Å². The molecule has 230 valence electrons. The Kier molecular flexibility index (Phi) is 10.1. The Labute approximate surface area is 255 Å². The molecule has 10 nitrogen and oxygen atoms in total. The Bertz CT molecular complexity index is 1550. The molecule has 2 unspecified atom stereocenters. The van der Waals surface area contributed by atoms with Crippen LogP contribution in [0.1, 0.15) is 25.3 Å². The molecule has 0 radical (unpaired) electrons. The van der Waals surface area contributed by atoms with Gasteiger partial charge in [-0.05, 0) is 67.4 Å². The first-order valence-corrected chi connectivity index (χ1v) is 14.6. The number of nitrogens with one attached hydrogen (secondary N) is 2. The van der Waals surface area contributed by atoms with Crippen LogP contribution in [0, 0.1) is 5.82 Å². The Morgan fingerprint density at radius 2 is 1.75 bits per heavy atom. The van der Waals surface area contributed by atoms with Crippen molar-refractivity contribution in [2.24, 2.45) is 7.05 Å². The Balaban J connectivity index is 1.24. The van der Waals surface area contributed by atoms with Crippen LogP contribution in [0.15, 0.2) is 85.1 Å². The Morgan fingerprint density at radius 1 is 1.00 bits per heavy atom. The van der Waals surface area contributed by atoms with Gasteiger partial charge in [0.15, 0.2) is 0 Å². The molecule has 0 bridgehead atoms. The van der Waals surface area contributed by atoms with Crippen LogP contribution >= 0.6 is 0 Å². The van der Waals surface area contributed by atoms with Gasteiger partial charge >= 0.3 is 12.1 Å². The summed E-state index contributed by atoms with van der Waals surface area (Å²) in [5, 5.41) is 9.79. The van der Waals surface area contributed by atoms with Crippen molar-refractivity contribution in [1.29, 1.82) is 0 Å². The molecule has 3 amide bonds. The minimum Gasteiger partial charge on any atom is -0.493 e. The van der Waals surface area contributed by atoms with Gasteiger partial charge in [-0.15, -0.1) is 0 Å². The van der Waals surface area contributed by atoms with Crippen molar-refractivity contribution in [3.63, 3.8) is 0 Å². The monoisotopic (exact) mass is 601 g/mol. The number of carbonyl (C=O) groups excluding carboxylic acids is 2. The van der Waals surface area contributed by atoms with E-state index in [9.17, 15) is 14.0 Å². The lowest BCUT2D eigenvalue weighted by molar-refractivity contribution is 0.0442. The summed E-state index contributed by atoms with van der Waals surface area (Å²) >= 11 is 0. The first kappa shape index (κ1) is 30.6. The van der Waals surface area contributed by atoms with Crippen LogP contribution in [0.2, 0.25) is 0 Å². The lowest BCUT2D eigenvalue weighted by Crippen LogP contribution is -2.37. The van der Waals surface area contributed by atoms with Gasteiger partial charge in [-0.2, -0.15) is 5.10 Å². The zero-order chi connectivity index (χ0) is 30.9. The molecule has 11 heteroatoms. The summed E-state index contributed by atoms with van der Waals surface area (Å²) in [6.45, 7) is 3.36. The summed E-state index contributed by atoms with van der Waals surface area (Å²) < 4.78 is 32.7. The van der Waals surface area contributed by atoms with Crippen LogP contribution in [0.3, 0.4) is 0 Å². The van der Waals surface area contributed by atoms with Crippen LogP contribution in [0.25, 0.3) is 11.3 Å². The smallest absolute Gasteiger partial charge is 0.410 e. The molecule has 0 aliphatic carbocycles. The van der Waals surface area contributed by atoms with E-state index >= 15 is 0 Å². The van der Waals surface area contributed by atoms with Gasteiger partial charge < -0.3 is 29.7 Å². The van der Waals surface area contributed by atoms with E-state index in [4.69, 9.17) is 14.2 Å². The minimum atomic E-state index is -0.467. The molecule has 2 heterocycles. The third-order valence-corrected chi connectivity index (χ3v) is 7.35. The molecule has 0 spiro atoms. The van der Waals surface area contributed by atoms with Crippen molar-refractivity contribution in [3.05, 3.63) is 96.4 Å². The molecule has 0 saturated carbocycles. The molecular formula is C33H36FN5O5. The van der Waals surface area contributed by atoms with E-state index in [0.29, 0.717) is 56.3 Å². The lowest BCUT2D eigenvalue weighted by atomic mass is 10.1. The average Bonchev–Trinajstić information content (AvgIpc) is 3.64. The first-order valence-electron chi connectivity index (χ1n) is 14.6. The molecule has 1 aromatic heterocycles. The number of anilines is 2. The highest BCUT2D eigenvalue weighted by Crippen LogP contribution is 2.33. The largest absolute Gasteiger partial charge is 0.493 e. The highest BCUT2D eigenvalue weighted by atomic mass is 19.1. The van der Waals surface area contributed by atoms with E-state index in [1.54, 1.807) is 34.8 Å². The maximum atomic E-state index is 13.2. The molecule has 3 aromatic carbocycles. The number of amides is 3. The van der Waals surface area contributed by atoms with Crippen molar-refractivity contribution < 1.29 is 28.2 Å². The van der Waals surface area contributed by atoms with Gasteiger partial charge in [-0.3, -0.25) is 4.68 Å². The van der Waals surface area contributed by atoms with Crippen molar-refractivity contribution >= 4 is 23.5 Å². The topological polar surface area (TPSA) is 107 Å². The van der Waals surface area contributed by atoms with Gasteiger partial charge in [0.1, 0.15) is 11.6 Å². The van der Waals surface area contributed by atoms with Crippen LogP contribution in [0.4, 0.5) is 25.4 Å². The molecule has 44 heavy (non-hydrogen) atoms. The van der Waals surface area contributed by atoms with Crippen molar-refractivity contribution in [2.45, 2.75) is 38.5 Å². The zero-order valence-electron chi connectivity index (χ0n) is 24.7. The van der Waals surface area contributed by atoms with Crippen LogP contribution in [-0.2, 0) is 23.1 Å². The van der Waals surface area contributed by atoms with Crippen molar-refractivity contribution in [3.8, 4) is 17.0 Å². The summed E-state index contributed by atoms with van der Waals surface area (Å²) in [4.78, 5) is 27.1. The second-order valence-corrected chi connectivity index (χ2v) is 10.4. The second kappa shape index (κ2) is 14.5. The number of ether oxygens (including phenoxy) is 3. The maximum Gasteiger partial charge on any atom is 0.410 e. The fourth-order valence-corrected chi connectivity index (χ4v) is 5.19. The van der Waals surface area contributed by atoms with E-state index in [-0.39, 0.29) is 24.1 Å². The number of hydrogen-bond acceptors (Lipinski definition) is 6. The van der Waals surface area contributed by atoms with Crippen LogP contribution in [-0.4, -0.2) is 58.7 Å². The highest BCUT2D eigenvalue weighted by molar-refractivity contribution is 6.00. The Hall–Kier alpha value is -4.90. The Morgan fingerprint density at radius 3 is 2.48 bits per heavy atom. The minimum absolute atomic E-state index is 0.105. The van der Waals surface area contributed by atoms with Gasteiger partial charge in [0.05, 0.1) is 38.2 Å². The van der Waals surface area contributed by atoms with Crippen molar-refractivity contribution in [2.75, 3.05) is 30.4 Å². The molecule has 1 saturated heterocycles. The summed E-state index contributed by atoms with van der Waals surface area (Å²) in [6, 6.07) is 22.1. The second-order valence-electron chi connectivity index (χ2n) is 10.4. The maximum absolute atomic E-state index is 13.2. The fourth-order valence-electron chi connectivity index (χ4n) is 5.19. The standard InChI is InChI=1S/C33H36FN5O5/c1-3-42-33(41)39-21-28(44-22-23-7-5-4-6-8-23)20-27(39)16-18-43-31-14-13-26(19-29(31)30-15-17-35-38(30)2)37-32(40)36-25-11-9-24(34)10-12-25/h4-15,17,19,27-28H,3,16,18,20-22H2,1-2H3,(H2,36,37,40). The summed E-state index contributed by atoms with van der Waals surface area (Å²) in [5.41, 5.74) is 3.62. The molecule has 4 aromatic rings. The number of benzene rings is 3. The summed E-state index contributed by atoms with van der Waals surface area (Å²) in [7, 11) is 1.83. The van der Waals surface area contributed by atoms with E-state index in [0.717, 1.165) is 16.8 Å². The third-order valence-electron chi connectivity index (χ3n) is 7.35. The SMILES string of the molecule is CCOC(=O)N1CC(OCc2ccccc2)CC1CCOc1ccc(NC(=O)Nc2ccc(F)cc2)cc1-c1ccnn1C. The third kappa shape index (κ3) is 7.93. The number of carbonyl (C=O) groups is 2. The van der Waals surface area contributed by atoms with E-state index in [1.165, 1.54) is 24.3 Å². The van der Waals surface area contributed by atoms with E-state index in [1.807, 2.05) is 49.5 Å². The fraction of sp³-hybridized carbons (Fsp3) is 0.303. The van der Waals surface area contributed by atoms with Gasteiger partial charge in [-0.25, -0.2) is 14.0 Å².